The molecule has 1 N–H and O–H groups in total. The van der Waals surface area contributed by atoms with E-state index >= 15 is 0 Å². The molecule has 1 saturated heterocycles. The molecule has 3 aromatic carbocycles. The number of hydrogen-bond acceptors (Lipinski definition) is 3. The summed E-state index contributed by atoms with van der Waals surface area (Å²) in [6, 6.07) is 25.2. The van der Waals surface area contributed by atoms with Gasteiger partial charge in [0.05, 0.1) is 22.3 Å². The molecule has 0 bridgehead atoms. The predicted octanol–water partition coefficient (Wildman–Crippen LogP) is 5.08. The van der Waals surface area contributed by atoms with Gasteiger partial charge in [0.1, 0.15) is 5.82 Å². The first-order valence-electron chi connectivity index (χ1n) is 11.4. The van der Waals surface area contributed by atoms with Crippen LogP contribution >= 0.6 is 0 Å². The van der Waals surface area contributed by atoms with E-state index in [4.69, 9.17) is 4.98 Å². The lowest BCUT2D eigenvalue weighted by Crippen LogP contribution is -2.46. The number of piperidine rings is 1. The molecule has 6 heteroatoms. The Morgan fingerprint density at radius 2 is 1.53 bits per heavy atom. The largest absolute Gasteiger partial charge is 0.349 e. The van der Waals surface area contributed by atoms with Gasteiger partial charge >= 0.3 is 0 Å². The van der Waals surface area contributed by atoms with Gasteiger partial charge in [0.15, 0.2) is 0 Å². The fraction of sp³-hybridized carbons (Fsp3) is 0.179. The molecular weight excluding hydrogens is 429 g/mol. The number of carbonyl (C=O) groups excluding carboxylic acids is 2. The number of amides is 2. The highest BCUT2D eigenvalue weighted by atomic mass is 19.1. The SMILES string of the molecule is O=C(NC1CCN(C(=O)c2ccccc2F)CC1)c1cc(-c2ccccc2)nc2ccccc12. The Bertz CT molecular complexity index is 1350. The number of carbonyl (C=O) groups is 2. The van der Waals surface area contributed by atoms with E-state index in [1.807, 2.05) is 60.7 Å². The molecule has 4 aromatic rings. The van der Waals surface area contributed by atoms with E-state index in [0.717, 1.165) is 22.2 Å². The summed E-state index contributed by atoms with van der Waals surface area (Å²) in [6.45, 7) is 0.926. The summed E-state index contributed by atoms with van der Waals surface area (Å²) in [5.41, 5.74) is 3.12. The number of likely N-dealkylation sites (tertiary alicyclic amines) is 1. The van der Waals surface area contributed by atoms with Gasteiger partial charge in [0.2, 0.25) is 0 Å². The third kappa shape index (κ3) is 4.39. The number of halogens is 1. The van der Waals surface area contributed by atoms with Gasteiger partial charge in [-0.05, 0) is 37.1 Å². The van der Waals surface area contributed by atoms with Crippen molar-refractivity contribution < 1.29 is 14.0 Å². The number of nitrogens with zero attached hydrogens (tertiary/aromatic N) is 2. The minimum Gasteiger partial charge on any atom is -0.349 e. The number of pyridine rings is 1. The molecule has 1 aliphatic heterocycles. The first-order chi connectivity index (χ1) is 16.6. The second kappa shape index (κ2) is 9.43. The Morgan fingerprint density at radius 3 is 2.29 bits per heavy atom. The Kier molecular flexibility index (Phi) is 6.04. The van der Waals surface area contributed by atoms with Crippen molar-refractivity contribution in [3.8, 4) is 11.3 Å². The van der Waals surface area contributed by atoms with Crippen molar-refractivity contribution in [2.45, 2.75) is 18.9 Å². The fourth-order valence-corrected chi connectivity index (χ4v) is 4.42. The molecule has 0 saturated carbocycles. The number of para-hydroxylation sites is 1. The Hall–Kier alpha value is -4.06. The fourth-order valence-electron chi connectivity index (χ4n) is 4.42. The smallest absolute Gasteiger partial charge is 0.256 e. The molecule has 1 fully saturated rings. The van der Waals surface area contributed by atoms with E-state index < -0.39 is 5.82 Å². The Morgan fingerprint density at radius 1 is 0.853 bits per heavy atom. The summed E-state index contributed by atoms with van der Waals surface area (Å²) in [7, 11) is 0. The summed E-state index contributed by atoms with van der Waals surface area (Å²) < 4.78 is 14.0. The number of benzene rings is 3. The van der Waals surface area contributed by atoms with Crippen LogP contribution in [0, 0.1) is 5.82 Å². The Labute approximate surface area is 197 Å². The van der Waals surface area contributed by atoms with Gasteiger partial charge in [0, 0.05) is 30.1 Å². The van der Waals surface area contributed by atoms with Crippen LogP contribution in [-0.2, 0) is 0 Å². The monoisotopic (exact) mass is 453 g/mol. The van der Waals surface area contributed by atoms with Crippen LogP contribution in [0.2, 0.25) is 0 Å². The molecule has 170 valence electrons. The van der Waals surface area contributed by atoms with Gasteiger partial charge in [-0.25, -0.2) is 9.37 Å². The van der Waals surface area contributed by atoms with E-state index in [1.165, 1.54) is 12.1 Å². The topological polar surface area (TPSA) is 62.3 Å². The van der Waals surface area contributed by atoms with E-state index in [-0.39, 0.29) is 23.4 Å². The lowest BCUT2D eigenvalue weighted by molar-refractivity contribution is 0.0694. The number of aromatic nitrogens is 1. The summed E-state index contributed by atoms with van der Waals surface area (Å²) >= 11 is 0. The lowest BCUT2D eigenvalue weighted by Gasteiger charge is -2.32. The van der Waals surface area contributed by atoms with Crippen molar-refractivity contribution in [3.63, 3.8) is 0 Å². The van der Waals surface area contributed by atoms with Crippen LogP contribution in [0.1, 0.15) is 33.6 Å². The van der Waals surface area contributed by atoms with Crippen LogP contribution in [0.25, 0.3) is 22.2 Å². The number of fused-ring (bicyclic) bond motifs is 1. The average molecular weight is 454 g/mol. The summed E-state index contributed by atoms with van der Waals surface area (Å²) in [5, 5.41) is 3.94. The molecule has 1 aromatic heterocycles. The molecule has 2 heterocycles. The molecule has 0 aliphatic carbocycles. The van der Waals surface area contributed by atoms with Crippen molar-refractivity contribution in [2.75, 3.05) is 13.1 Å². The van der Waals surface area contributed by atoms with Gasteiger partial charge in [0.25, 0.3) is 11.8 Å². The minimum absolute atomic E-state index is 0.0655. The zero-order valence-electron chi connectivity index (χ0n) is 18.6. The van der Waals surface area contributed by atoms with Crippen LogP contribution in [0.15, 0.2) is 84.9 Å². The first kappa shape index (κ1) is 21.8. The third-order valence-corrected chi connectivity index (χ3v) is 6.25. The maximum atomic E-state index is 14.0. The third-order valence-electron chi connectivity index (χ3n) is 6.25. The van der Waals surface area contributed by atoms with E-state index in [1.54, 1.807) is 17.0 Å². The standard InChI is InChI=1S/C28H24FN3O2/c29-24-12-6-4-11-22(24)28(34)32-16-14-20(15-17-32)30-27(33)23-18-26(19-8-2-1-3-9-19)31-25-13-7-5-10-21(23)25/h1-13,18,20H,14-17H2,(H,30,33). The number of rotatable bonds is 4. The molecular formula is C28H24FN3O2. The highest BCUT2D eigenvalue weighted by Crippen LogP contribution is 2.25. The predicted molar refractivity (Wildman–Crippen MR) is 130 cm³/mol. The van der Waals surface area contributed by atoms with E-state index in [2.05, 4.69) is 5.32 Å². The minimum atomic E-state index is -0.512. The summed E-state index contributed by atoms with van der Waals surface area (Å²) in [6.07, 6.45) is 1.22. The molecule has 5 nitrogen and oxygen atoms in total. The zero-order valence-corrected chi connectivity index (χ0v) is 18.6. The van der Waals surface area contributed by atoms with E-state index in [9.17, 15) is 14.0 Å². The second-order valence-electron chi connectivity index (χ2n) is 8.46. The van der Waals surface area contributed by atoms with Crippen molar-refractivity contribution in [1.29, 1.82) is 0 Å². The van der Waals surface area contributed by atoms with Crippen molar-refractivity contribution in [1.82, 2.24) is 15.2 Å². The molecule has 0 unspecified atom stereocenters. The highest BCUT2D eigenvalue weighted by Gasteiger charge is 2.26. The molecule has 0 radical (unpaired) electrons. The Balaban J connectivity index is 1.32. The normalized spacial score (nSPS) is 14.2. The van der Waals surface area contributed by atoms with Crippen LogP contribution in [0.5, 0.6) is 0 Å². The molecule has 0 atom stereocenters. The molecule has 1 aliphatic rings. The van der Waals surface area contributed by atoms with Crippen molar-refractivity contribution >= 4 is 22.7 Å². The summed E-state index contributed by atoms with van der Waals surface area (Å²) in [4.78, 5) is 32.4. The van der Waals surface area contributed by atoms with Crippen LogP contribution in [-0.4, -0.2) is 40.8 Å². The molecule has 5 rings (SSSR count). The number of nitrogens with one attached hydrogen (secondary N) is 1. The molecule has 2 amide bonds. The average Bonchev–Trinajstić information content (AvgIpc) is 2.89. The van der Waals surface area contributed by atoms with Crippen molar-refractivity contribution in [2.24, 2.45) is 0 Å². The maximum absolute atomic E-state index is 14.0. The first-order valence-corrected chi connectivity index (χ1v) is 11.4. The van der Waals surface area contributed by atoms with Crippen LogP contribution in [0.3, 0.4) is 0 Å². The summed E-state index contributed by atoms with van der Waals surface area (Å²) in [5.74, 6) is -0.980. The maximum Gasteiger partial charge on any atom is 0.256 e. The van der Waals surface area contributed by atoms with Crippen LogP contribution in [0.4, 0.5) is 4.39 Å². The molecule has 0 spiro atoms. The lowest BCUT2D eigenvalue weighted by atomic mass is 10.0. The van der Waals surface area contributed by atoms with Gasteiger partial charge in [-0.2, -0.15) is 0 Å². The van der Waals surface area contributed by atoms with Crippen LogP contribution < -0.4 is 5.32 Å². The van der Waals surface area contributed by atoms with Gasteiger partial charge < -0.3 is 10.2 Å². The number of hydrogen-bond donors (Lipinski definition) is 1. The highest BCUT2D eigenvalue weighted by molar-refractivity contribution is 6.07. The molecule has 34 heavy (non-hydrogen) atoms. The van der Waals surface area contributed by atoms with Gasteiger partial charge in [-0.15, -0.1) is 0 Å². The quantitative estimate of drug-likeness (QED) is 0.469. The zero-order chi connectivity index (χ0) is 23.5. The van der Waals surface area contributed by atoms with Crippen molar-refractivity contribution in [3.05, 3.63) is 102 Å². The second-order valence-corrected chi connectivity index (χ2v) is 8.46. The van der Waals surface area contributed by atoms with Gasteiger partial charge in [-0.1, -0.05) is 60.7 Å². The van der Waals surface area contributed by atoms with E-state index in [0.29, 0.717) is 31.5 Å². The van der Waals surface area contributed by atoms with Gasteiger partial charge in [-0.3, -0.25) is 9.59 Å².